The number of rotatable bonds is 3. The van der Waals surface area contributed by atoms with Gasteiger partial charge in [0.05, 0.1) is 16.8 Å². The molecule has 3 rings (SSSR count). The first kappa shape index (κ1) is 16.8. The lowest BCUT2D eigenvalue weighted by Gasteiger charge is -2.01. The molecule has 0 saturated carbocycles. The fourth-order valence-corrected chi connectivity index (χ4v) is 4.05. The molecule has 2 aromatic carbocycles. The summed E-state index contributed by atoms with van der Waals surface area (Å²) in [5, 5.41) is 0.641. The van der Waals surface area contributed by atoms with Gasteiger partial charge in [0.25, 0.3) is 5.91 Å². The third kappa shape index (κ3) is 3.41. The summed E-state index contributed by atoms with van der Waals surface area (Å²) < 4.78 is 2.80. The van der Waals surface area contributed by atoms with Crippen LogP contribution in [0, 0.1) is 12.3 Å². The number of nitrogens with zero attached hydrogens (tertiary/aromatic N) is 2. The van der Waals surface area contributed by atoms with Crippen molar-refractivity contribution in [1.29, 1.82) is 0 Å². The molecule has 0 N–H and O–H groups in total. The lowest BCUT2D eigenvalue weighted by atomic mass is 10.2. The van der Waals surface area contributed by atoms with E-state index in [9.17, 15) is 4.79 Å². The summed E-state index contributed by atoms with van der Waals surface area (Å²) in [5.41, 5.74) is 1.48. The largest absolute Gasteiger partial charge is 0.305 e. The topological polar surface area (TPSA) is 34.4 Å². The highest BCUT2D eigenvalue weighted by Crippen LogP contribution is 2.22. The number of fused-ring (bicyclic) bond motifs is 1. The Morgan fingerprint density at radius 3 is 2.96 bits per heavy atom. The lowest BCUT2D eigenvalue weighted by molar-refractivity contribution is 0.0997. The lowest BCUT2D eigenvalue weighted by Crippen LogP contribution is -2.16. The van der Waals surface area contributed by atoms with Crippen LogP contribution in [0.25, 0.3) is 10.2 Å². The van der Waals surface area contributed by atoms with Crippen molar-refractivity contribution >= 4 is 50.8 Å². The Kier molecular flexibility index (Phi) is 5.10. The van der Waals surface area contributed by atoms with Gasteiger partial charge in [-0.05, 0) is 42.7 Å². The Balaban J connectivity index is 2.13. The van der Waals surface area contributed by atoms with E-state index in [1.807, 2.05) is 41.2 Å². The third-order valence-electron chi connectivity index (χ3n) is 3.41. The molecular formula is C18H13ClN2OS2. The van der Waals surface area contributed by atoms with Crippen LogP contribution >= 0.6 is 34.7 Å². The second-order valence-electron chi connectivity index (χ2n) is 4.94. The number of hydrogen-bond acceptors (Lipinski definition) is 3. The minimum absolute atomic E-state index is 0.283. The highest BCUT2D eigenvalue weighted by molar-refractivity contribution is 7.98. The van der Waals surface area contributed by atoms with E-state index < -0.39 is 0 Å². The predicted octanol–water partition coefficient (Wildman–Crippen LogP) is 4.45. The van der Waals surface area contributed by atoms with Crippen LogP contribution in [-0.2, 0) is 6.54 Å². The van der Waals surface area contributed by atoms with Crippen molar-refractivity contribution in [1.82, 2.24) is 4.57 Å². The van der Waals surface area contributed by atoms with E-state index in [0.29, 0.717) is 21.9 Å². The summed E-state index contributed by atoms with van der Waals surface area (Å²) in [7, 11) is 0. The molecule has 0 spiro atoms. The fourth-order valence-electron chi connectivity index (χ4n) is 2.28. The first-order valence-electron chi connectivity index (χ1n) is 7.08. The summed E-state index contributed by atoms with van der Waals surface area (Å²) in [6.07, 6.45) is 7.44. The molecule has 0 radical (unpaired) electrons. The predicted molar refractivity (Wildman–Crippen MR) is 102 cm³/mol. The molecule has 0 aliphatic rings. The zero-order chi connectivity index (χ0) is 17.1. The standard InChI is InChI=1S/C18H13ClN2OS2/c1-3-9-21-15-8-7-13(19)11-16(15)24-18(21)20-17(22)12-5-4-6-14(10-12)23-2/h1,4-8,10-11H,9H2,2H3. The molecule has 1 aromatic heterocycles. The van der Waals surface area contributed by atoms with E-state index in [4.69, 9.17) is 18.0 Å². The first-order valence-corrected chi connectivity index (χ1v) is 9.50. The molecule has 1 heterocycles. The van der Waals surface area contributed by atoms with Crippen LogP contribution in [0.1, 0.15) is 10.4 Å². The molecule has 0 aliphatic heterocycles. The fraction of sp³-hybridized carbons (Fsp3) is 0.111. The molecule has 6 heteroatoms. The van der Waals surface area contributed by atoms with Crippen LogP contribution in [0.3, 0.4) is 0 Å². The smallest absolute Gasteiger partial charge is 0.279 e. The number of thiazole rings is 1. The summed E-state index contributed by atoms with van der Waals surface area (Å²) in [4.78, 5) is 18.4. The SMILES string of the molecule is C#CCn1c(=NC(=O)c2cccc(SC)c2)sc2cc(Cl)ccc21. The van der Waals surface area contributed by atoms with Gasteiger partial charge < -0.3 is 4.57 Å². The molecule has 0 aliphatic carbocycles. The summed E-state index contributed by atoms with van der Waals surface area (Å²) in [6, 6.07) is 13.0. The van der Waals surface area contributed by atoms with E-state index in [2.05, 4.69) is 10.9 Å². The number of terminal acetylenes is 1. The zero-order valence-electron chi connectivity index (χ0n) is 12.8. The summed E-state index contributed by atoms with van der Waals surface area (Å²) in [5.74, 6) is 2.33. The number of amides is 1. The van der Waals surface area contributed by atoms with Gasteiger partial charge in [0.1, 0.15) is 0 Å². The highest BCUT2D eigenvalue weighted by Gasteiger charge is 2.09. The van der Waals surface area contributed by atoms with Gasteiger partial charge in [0, 0.05) is 15.5 Å². The number of thioether (sulfide) groups is 1. The average molecular weight is 373 g/mol. The normalized spacial score (nSPS) is 11.6. The minimum Gasteiger partial charge on any atom is -0.305 e. The Morgan fingerprint density at radius 2 is 2.21 bits per heavy atom. The van der Waals surface area contributed by atoms with Gasteiger partial charge in [-0.3, -0.25) is 4.79 Å². The minimum atomic E-state index is -0.283. The maximum atomic E-state index is 12.5. The molecule has 0 bridgehead atoms. The van der Waals surface area contributed by atoms with Crippen molar-refractivity contribution in [3.8, 4) is 12.3 Å². The van der Waals surface area contributed by atoms with Crippen molar-refractivity contribution in [2.24, 2.45) is 4.99 Å². The van der Waals surface area contributed by atoms with Crippen molar-refractivity contribution in [2.45, 2.75) is 11.4 Å². The van der Waals surface area contributed by atoms with Crippen LogP contribution in [0.5, 0.6) is 0 Å². The van der Waals surface area contributed by atoms with Crippen molar-refractivity contribution in [3.63, 3.8) is 0 Å². The summed E-state index contributed by atoms with van der Waals surface area (Å²) in [6.45, 7) is 0.346. The van der Waals surface area contributed by atoms with Crippen LogP contribution < -0.4 is 4.80 Å². The van der Waals surface area contributed by atoms with Gasteiger partial charge in [-0.2, -0.15) is 4.99 Å². The average Bonchev–Trinajstić information content (AvgIpc) is 2.91. The molecule has 0 atom stereocenters. The first-order chi connectivity index (χ1) is 11.6. The van der Waals surface area contributed by atoms with Gasteiger partial charge >= 0.3 is 0 Å². The maximum absolute atomic E-state index is 12.5. The molecular weight excluding hydrogens is 360 g/mol. The molecule has 0 fully saturated rings. The molecule has 0 saturated heterocycles. The van der Waals surface area contributed by atoms with Gasteiger partial charge in [-0.1, -0.05) is 34.9 Å². The molecule has 1 amide bonds. The molecule has 24 heavy (non-hydrogen) atoms. The van der Waals surface area contributed by atoms with Crippen molar-refractivity contribution < 1.29 is 4.79 Å². The number of benzene rings is 2. The highest BCUT2D eigenvalue weighted by atomic mass is 35.5. The Hall–Kier alpha value is -2.00. The molecule has 0 unspecified atom stereocenters. The monoisotopic (exact) mass is 372 g/mol. The van der Waals surface area contributed by atoms with Gasteiger partial charge in [-0.15, -0.1) is 18.2 Å². The number of hydrogen-bond donors (Lipinski definition) is 0. The van der Waals surface area contributed by atoms with Crippen LogP contribution in [0.2, 0.25) is 5.02 Å². The van der Waals surface area contributed by atoms with Crippen molar-refractivity contribution in [2.75, 3.05) is 6.26 Å². The van der Waals surface area contributed by atoms with E-state index in [0.717, 1.165) is 15.1 Å². The molecule has 3 nitrogen and oxygen atoms in total. The molecule has 3 aromatic rings. The van der Waals surface area contributed by atoms with E-state index in [1.165, 1.54) is 11.3 Å². The van der Waals surface area contributed by atoms with E-state index >= 15 is 0 Å². The van der Waals surface area contributed by atoms with Gasteiger partial charge in [-0.25, -0.2) is 0 Å². The molecule has 120 valence electrons. The second kappa shape index (κ2) is 7.27. The van der Waals surface area contributed by atoms with Gasteiger partial charge in [0.2, 0.25) is 0 Å². The second-order valence-corrected chi connectivity index (χ2v) is 7.26. The van der Waals surface area contributed by atoms with E-state index in [1.54, 1.807) is 23.9 Å². The number of carbonyl (C=O) groups is 1. The third-order valence-corrected chi connectivity index (χ3v) is 5.41. The number of aromatic nitrogens is 1. The quantitative estimate of drug-likeness (QED) is 0.502. The zero-order valence-corrected chi connectivity index (χ0v) is 15.2. The van der Waals surface area contributed by atoms with Crippen LogP contribution in [0.4, 0.5) is 0 Å². The summed E-state index contributed by atoms with van der Waals surface area (Å²) >= 11 is 9.04. The van der Waals surface area contributed by atoms with Gasteiger partial charge in [0.15, 0.2) is 4.80 Å². The Bertz CT molecular complexity index is 1030. The number of carbonyl (C=O) groups excluding carboxylic acids is 1. The maximum Gasteiger partial charge on any atom is 0.279 e. The Labute approximate surface area is 153 Å². The van der Waals surface area contributed by atoms with Crippen LogP contribution in [0.15, 0.2) is 52.4 Å². The Morgan fingerprint density at radius 1 is 1.38 bits per heavy atom. The van der Waals surface area contributed by atoms with Crippen LogP contribution in [-0.4, -0.2) is 16.7 Å². The van der Waals surface area contributed by atoms with E-state index in [-0.39, 0.29) is 5.91 Å². The number of halogens is 1. The van der Waals surface area contributed by atoms with Crippen molar-refractivity contribution in [3.05, 3.63) is 57.9 Å².